The van der Waals surface area contributed by atoms with Gasteiger partial charge in [0.1, 0.15) is 0 Å². The lowest BCUT2D eigenvalue weighted by atomic mass is 9.87. The molecule has 2 rings (SSSR count). The van der Waals surface area contributed by atoms with E-state index in [9.17, 15) is 4.79 Å². The molecular formula is C19H20BrNO. The highest BCUT2D eigenvalue weighted by Gasteiger charge is 2.12. The molecule has 0 heterocycles. The predicted octanol–water partition coefficient (Wildman–Crippen LogP) is 5.40. The Labute approximate surface area is 140 Å². The van der Waals surface area contributed by atoms with Gasteiger partial charge in [0.2, 0.25) is 5.91 Å². The SMILES string of the molecule is CC(C)(C)c1ccc(C=CC(=O)Nc2cccc(Br)c2)cc1. The van der Waals surface area contributed by atoms with Crippen LogP contribution in [0.4, 0.5) is 5.69 Å². The number of anilines is 1. The van der Waals surface area contributed by atoms with Crippen molar-refractivity contribution in [3.63, 3.8) is 0 Å². The Morgan fingerprint density at radius 1 is 1.09 bits per heavy atom. The summed E-state index contributed by atoms with van der Waals surface area (Å²) < 4.78 is 0.937. The number of benzene rings is 2. The average molecular weight is 358 g/mol. The molecule has 22 heavy (non-hydrogen) atoms. The van der Waals surface area contributed by atoms with Crippen LogP contribution in [-0.2, 0) is 10.2 Å². The third kappa shape index (κ3) is 4.85. The van der Waals surface area contributed by atoms with Crippen molar-refractivity contribution in [1.29, 1.82) is 0 Å². The minimum absolute atomic E-state index is 0.139. The fraction of sp³-hybridized carbons (Fsp3) is 0.211. The number of nitrogens with one attached hydrogen (secondary N) is 1. The maximum atomic E-state index is 11.9. The zero-order valence-electron chi connectivity index (χ0n) is 13.1. The lowest BCUT2D eigenvalue weighted by Gasteiger charge is -2.18. The molecular weight excluding hydrogens is 338 g/mol. The van der Waals surface area contributed by atoms with Crippen LogP contribution in [0.25, 0.3) is 6.08 Å². The fourth-order valence-corrected chi connectivity index (χ4v) is 2.42. The van der Waals surface area contributed by atoms with Gasteiger partial charge in [-0.05, 0) is 40.8 Å². The molecule has 2 aromatic rings. The molecule has 0 fully saturated rings. The van der Waals surface area contributed by atoms with E-state index in [2.05, 4.69) is 54.2 Å². The molecule has 0 aliphatic heterocycles. The second-order valence-electron chi connectivity index (χ2n) is 6.20. The van der Waals surface area contributed by atoms with Crippen LogP contribution in [0.15, 0.2) is 59.1 Å². The topological polar surface area (TPSA) is 29.1 Å². The third-order valence-corrected chi connectivity index (χ3v) is 3.79. The molecule has 114 valence electrons. The zero-order chi connectivity index (χ0) is 16.2. The Morgan fingerprint density at radius 3 is 2.36 bits per heavy atom. The molecule has 2 nitrogen and oxygen atoms in total. The summed E-state index contributed by atoms with van der Waals surface area (Å²) in [6.45, 7) is 6.55. The smallest absolute Gasteiger partial charge is 0.248 e. The Kier molecular flexibility index (Phi) is 5.19. The van der Waals surface area contributed by atoms with Gasteiger partial charge in [0.05, 0.1) is 0 Å². The second kappa shape index (κ2) is 6.93. The van der Waals surface area contributed by atoms with Crippen LogP contribution in [-0.4, -0.2) is 5.91 Å². The van der Waals surface area contributed by atoms with E-state index in [-0.39, 0.29) is 11.3 Å². The van der Waals surface area contributed by atoms with Crippen LogP contribution in [0.1, 0.15) is 31.9 Å². The van der Waals surface area contributed by atoms with E-state index in [0.29, 0.717) is 0 Å². The van der Waals surface area contributed by atoms with Gasteiger partial charge in [0.15, 0.2) is 0 Å². The fourth-order valence-electron chi connectivity index (χ4n) is 2.02. The molecule has 0 aromatic heterocycles. The standard InChI is InChI=1S/C19H20BrNO/c1-19(2,3)15-10-7-14(8-11-15)9-12-18(22)21-17-6-4-5-16(20)13-17/h4-13H,1-3H3,(H,21,22). The third-order valence-electron chi connectivity index (χ3n) is 3.30. The van der Waals surface area contributed by atoms with Crippen LogP contribution >= 0.6 is 15.9 Å². The Balaban J connectivity index is 2.00. The summed E-state index contributed by atoms with van der Waals surface area (Å²) in [5.74, 6) is -0.141. The Hall–Kier alpha value is -1.87. The summed E-state index contributed by atoms with van der Waals surface area (Å²) in [6, 6.07) is 15.8. The molecule has 0 bridgehead atoms. The number of rotatable bonds is 3. The highest BCUT2D eigenvalue weighted by molar-refractivity contribution is 9.10. The maximum absolute atomic E-state index is 11.9. The van der Waals surface area contributed by atoms with Crippen molar-refractivity contribution in [1.82, 2.24) is 0 Å². The number of amides is 1. The number of hydrogen-bond donors (Lipinski definition) is 1. The van der Waals surface area contributed by atoms with Gasteiger partial charge in [0.25, 0.3) is 0 Å². The van der Waals surface area contributed by atoms with E-state index in [1.807, 2.05) is 42.5 Å². The van der Waals surface area contributed by atoms with Crippen LogP contribution < -0.4 is 5.32 Å². The summed E-state index contributed by atoms with van der Waals surface area (Å²) in [6.07, 6.45) is 3.37. The summed E-state index contributed by atoms with van der Waals surface area (Å²) in [5, 5.41) is 2.83. The molecule has 2 aromatic carbocycles. The van der Waals surface area contributed by atoms with Gasteiger partial charge in [-0.15, -0.1) is 0 Å². The molecule has 1 N–H and O–H groups in total. The van der Waals surface area contributed by atoms with E-state index in [1.54, 1.807) is 6.08 Å². The van der Waals surface area contributed by atoms with Crippen molar-refractivity contribution < 1.29 is 4.79 Å². The quantitative estimate of drug-likeness (QED) is 0.732. The van der Waals surface area contributed by atoms with E-state index >= 15 is 0 Å². The summed E-state index contributed by atoms with van der Waals surface area (Å²) in [4.78, 5) is 11.9. The van der Waals surface area contributed by atoms with Gasteiger partial charge < -0.3 is 5.32 Å². The van der Waals surface area contributed by atoms with E-state index < -0.39 is 0 Å². The van der Waals surface area contributed by atoms with E-state index in [1.165, 1.54) is 5.56 Å². The number of carbonyl (C=O) groups is 1. The molecule has 0 aliphatic carbocycles. The monoisotopic (exact) mass is 357 g/mol. The molecule has 0 unspecified atom stereocenters. The summed E-state index contributed by atoms with van der Waals surface area (Å²) in [5.41, 5.74) is 3.20. The van der Waals surface area contributed by atoms with Gasteiger partial charge in [0, 0.05) is 16.2 Å². The Morgan fingerprint density at radius 2 is 1.77 bits per heavy atom. The normalized spacial score (nSPS) is 11.6. The minimum Gasteiger partial charge on any atom is -0.322 e. The summed E-state index contributed by atoms with van der Waals surface area (Å²) >= 11 is 3.38. The van der Waals surface area contributed by atoms with Gasteiger partial charge in [-0.25, -0.2) is 0 Å². The minimum atomic E-state index is -0.141. The highest BCUT2D eigenvalue weighted by Crippen LogP contribution is 2.22. The summed E-state index contributed by atoms with van der Waals surface area (Å²) in [7, 11) is 0. The van der Waals surface area contributed by atoms with Crippen LogP contribution in [0, 0.1) is 0 Å². The number of halogens is 1. The highest BCUT2D eigenvalue weighted by atomic mass is 79.9. The zero-order valence-corrected chi connectivity index (χ0v) is 14.6. The predicted molar refractivity (Wildman–Crippen MR) is 96.9 cm³/mol. The Bertz CT molecular complexity index is 681. The van der Waals surface area contributed by atoms with Crippen molar-refractivity contribution in [2.45, 2.75) is 26.2 Å². The largest absolute Gasteiger partial charge is 0.322 e. The maximum Gasteiger partial charge on any atom is 0.248 e. The van der Waals surface area contributed by atoms with Crippen molar-refractivity contribution >= 4 is 33.6 Å². The second-order valence-corrected chi connectivity index (χ2v) is 7.12. The molecule has 0 aliphatic rings. The van der Waals surface area contributed by atoms with Crippen LogP contribution in [0.5, 0.6) is 0 Å². The van der Waals surface area contributed by atoms with Crippen molar-refractivity contribution in [2.24, 2.45) is 0 Å². The van der Waals surface area contributed by atoms with Gasteiger partial charge in [-0.3, -0.25) is 4.79 Å². The first-order valence-electron chi connectivity index (χ1n) is 7.20. The van der Waals surface area contributed by atoms with Crippen molar-refractivity contribution in [2.75, 3.05) is 5.32 Å². The molecule has 0 spiro atoms. The number of carbonyl (C=O) groups excluding carboxylic acids is 1. The van der Waals surface area contributed by atoms with Gasteiger partial charge in [-0.2, -0.15) is 0 Å². The van der Waals surface area contributed by atoms with Gasteiger partial charge >= 0.3 is 0 Å². The molecule has 0 saturated carbocycles. The molecule has 0 atom stereocenters. The van der Waals surface area contributed by atoms with Crippen molar-refractivity contribution in [3.05, 3.63) is 70.2 Å². The van der Waals surface area contributed by atoms with E-state index in [0.717, 1.165) is 15.7 Å². The molecule has 0 saturated heterocycles. The van der Waals surface area contributed by atoms with Crippen LogP contribution in [0.3, 0.4) is 0 Å². The lowest BCUT2D eigenvalue weighted by molar-refractivity contribution is -0.111. The number of hydrogen-bond acceptors (Lipinski definition) is 1. The van der Waals surface area contributed by atoms with Gasteiger partial charge in [-0.1, -0.05) is 67.0 Å². The first kappa shape index (κ1) is 16.5. The first-order valence-corrected chi connectivity index (χ1v) is 7.99. The average Bonchev–Trinajstić information content (AvgIpc) is 2.45. The van der Waals surface area contributed by atoms with Crippen LogP contribution in [0.2, 0.25) is 0 Å². The molecule has 0 radical (unpaired) electrons. The van der Waals surface area contributed by atoms with E-state index in [4.69, 9.17) is 0 Å². The lowest BCUT2D eigenvalue weighted by Crippen LogP contribution is -2.10. The molecule has 1 amide bonds. The van der Waals surface area contributed by atoms with Crippen molar-refractivity contribution in [3.8, 4) is 0 Å². The first-order chi connectivity index (χ1) is 10.3. The molecule has 3 heteroatoms.